The fourth-order valence-electron chi connectivity index (χ4n) is 14.7. The van der Waals surface area contributed by atoms with Crippen LogP contribution < -0.4 is 4.74 Å². The van der Waals surface area contributed by atoms with Gasteiger partial charge < -0.3 is 145 Å². The first-order valence-corrected chi connectivity index (χ1v) is 32.6. The largest absolute Gasteiger partial charge is 0.505 e. The van der Waals surface area contributed by atoms with Gasteiger partial charge in [-0.1, -0.05) is 37.0 Å². The molecule has 32 atom stereocenters. The van der Waals surface area contributed by atoms with Crippen LogP contribution in [0.2, 0.25) is 10.0 Å². The van der Waals surface area contributed by atoms with Gasteiger partial charge in [0.25, 0.3) is 5.97 Å². The number of carbonyl (C=O) groups excluding carboxylic acids is 2. The van der Waals surface area contributed by atoms with Crippen molar-refractivity contribution in [2.75, 3.05) is 48.4 Å². The molecule has 0 unspecified atom stereocenters. The summed E-state index contributed by atoms with van der Waals surface area (Å²) in [5.74, 6) is -6.71. The molecule has 95 heavy (non-hydrogen) atoms. The molecular formula is C61H90Cl2O32. The Morgan fingerprint density at radius 1 is 0.653 bits per heavy atom. The maximum absolute atomic E-state index is 13.6. The van der Waals surface area contributed by atoms with E-state index >= 15 is 0 Å². The highest BCUT2D eigenvalue weighted by Crippen LogP contribution is 2.53. The van der Waals surface area contributed by atoms with E-state index in [0.29, 0.717) is 0 Å². The molecule has 540 valence electrons. The standard InChI is InChI=1S/C61H90Cl2O32/c1-21(2)53(70)87-49-45-32(92-61(93-45)52-51(78-20-79-52)60(72,27(8)64)28(9)91-61)19-77-56(49)89-57-48(76-14)39(68)44(31(83-57)18-73-11)88-55-40(69)47(43(74-12)24(5)82-55)85-34-17-58(10)50(26(7)81-34)94-59(95-58)16-30(66)42(25(6)90-59)84-33-15-29(65)41(23(4)80-33)86-54(71)35-22(3)36(62)38(67)37(63)46(35)75-13/h21,23-34,39-45,47-52,55-57,64-69,72H,15-20H2,1-14H3/t23-,24-,25-,26-,27-,28-,29-,30-,31-,32+,33+,34+,39+,40-,41-,42-,43+,44-,45-,47-,48+,49-,50-,51-,52-,55+,56+,57+,58-,59-,60+,61-/m1/s1. The van der Waals surface area contributed by atoms with E-state index in [4.69, 9.17) is 132 Å². The summed E-state index contributed by atoms with van der Waals surface area (Å²) >= 11 is 12.5. The minimum absolute atomic E-state index is 0.00581. The fraction of sp³-hybridized carbons (Fsp3) is 0.869. The van der Waals surface area contributed by atoms with Crippen molar-refractivity contribution in [2.45, 2.75) is 283 Å². The van der Waals surface area contributed by atoms with Gasteiger partial charge in [0.15, 0.2) is 55.0 Å². The maximum atomic E-state index is 13.6. The monoisotopic (exact) mass is 1400 g/mol. The second kappa shape index (κ2) is 28.6. The topological polar surface area (TPSA) is 388 Å². The van der Waals surface area contributed by atoms with Crippen LogP contribution in [0.25, 0.3) is 0 Å². The lowest BCUT2D eigenvalue weighted by atomic mass is 9.80. The summed E-state index contributed by atoms with van der Waals surface area (Å²) in [4.78, 5) is 27.0. The van der Waals surface area contributed by atoms with Gasteiger partial charge in [0.05, 0.1) is 86.5 Å². The molecule has 0 aliphatic carbocycles. The molecule has 2 spiro atoms. The van der Waals surface area contributed by atoms with Crippen molar-refractivity contribution in [3.63, 3.8) is 0 Å². The summed E-state index contributed by atoms with van der Waals surface area (Å²) in [5.41, 5.74) is -3.14. The summed E-state index contributed by atoms with van der Waals surface area (Å²) in [6.07, 6.45) is -33.7. The molecule has 0 amide bonds. The minimum Gasteiger partial charge on any atom is -0.505 e. The zero-order chi connectivity index (χ0) is 68.9. The van der Waals surface area contributed by atoms with Gasteiger partial charge in [0.1, 0.15) is 102 Å². The first-order chi connectivity index (χ1) is 44.9. The molecule has 1 aromatic rings. The van der Waals surface area contributed by atoms with Crippen LogP contribution in [-0.4, -0.2) is 291 Å². The Morgan fingerprint density at radius 2 is 1.34 bits per heavy atom. The number of benzene rings is 1. The lowest BCUT2D eigenvalue weighted by molar-refractivity contribution is -0.439. The quantitative estimate of drug-likeness (QED) is 0.100. The predicted molar refractivity (Wildman–Crippen MR) is 314 cm³/mol. The molecule has 0 saturated carbocycles. The lowest BCUT2D eigenvalue weighted by Gasteiger charge is -2.51. The third kappa shape index (κ3) is 13.5. The highest BCUT2D eigenvalue weighted by molar-refractivity contribution is 6.39. The molecule has 10 saturated heterocycles. The molecule has 0 bridgehead atoms. The van der Waals surface area contributed by atoms with E-state index in [1.54, 1.807) is 48.5 Å². The number of hydrogen-bond donors (Lipinski definition) is 7. The number of ether oxygens (including phenoxy) is 23. The number of carbonyl (C=O) groups is 2. The summed E-state index contributed by atoms with van der Waals surface area (Å²) in [6.45, 7) is 15.4. The van der Waals surface area contributed by atoms with Gasteiger partial charge >= 0.3 is 17.9 Å². The van der Waals surface area contributed by atoms with Crippen molar-refractivity contribution in [1.29, 1.82) is 0 Å². The normalized spacial score (nSPS) is 47.7. The smallest absolute Gasteiger partial charge is 0.342 e. The number of aliphatic hydroxyl groups is 6. The van der Waals surface area contributed by atoms with Gasteiger partial charge in [-0.2, -0.15) is 0 Å². The van der Waals surface area contributed by atoms with Crippen molar-refractivity contribution >= 4 is 35.1 Å². The number of aliphatic hydroxyl groups excluding tert-OH is 5. The number of esters is 2. The third-order valence-electron chi connectivity index (χ3n) is 19.5. The molecule has 0 radical (unpaired) electrons. The van der Waals surface area contributed by atoms with Gasteiger partial charge in [-0.15, -0.1) is 0 Å². The highest BCUT2D eigenvalue weighted by Gasteiger charge is 2.73. The Hall–Kier alpha value is -2.70. The first-order valence-electron chi connectivity index (χ1n) is 31.9. The summed E-state index contributed by atoms with van der Waals surface area (Å²) in [5, 5.41) is 79.9. The predicted octanol–water partition coefficient (Wildman–Crippen LogP) is 0.844. The van der Waals surface area contributed by atoms with Crippen molar-refractivity contribution in [2.24, 2.45) is 5.92 Å². The Bertz CT molecular complexity index is 2840. The fourth-order valence-corrected chi connectivity index (χ4v) is 15.2. The van der Waals surface area contributed by atoms with Crippen LogP contribution in [-0.2, 0) is 109 Å². The van der Waals surface area contributed by atoms with Crippen molar-refractivity contribution in [3.8, 4) is 11.5 Å². The van der Waals surface area contributed by atoms with Gasteiger partial charge in [0.2, 0.25) is 6.29 Å². The molecule has 0 aromatic heterocycles. The van der Waals surface area contributed by atoms with Crippen LogP contribution >= 0.6 is 23.2 Å². The van der Waals surface area contributed by atoms with Crippen LogP contribution in [0, 0.1) is 12.8 Å². The van der Waals surface area contributed by atoms with E-state index in [9.17, 15) is 45.3 Å². The van der Waals surface area contributed by atoms with E-state index in [2.05, 4.69) is 0 Å². The van der Waals surface area contributed by atoms with E-state index in [-0.39, 0.29) is 66.2 Å². The summed E-state index contributed by atoms with van der Waals surface area (Å²) < 4.78 is 142. The van der Waals surface area contributed by atoms with Crippen molar-refractivity contribution < 1.29 is 154 Å². The zero-order valence-corrected chi connectivity index (χ0v) is 56.6. The second-order valence-electron chi connectivity index (χ2n) is 26.4. The number of methoxy groups -OCH3 is 4. The van der Waals surface area contributed by atoms with E-state index in [1.807, 2.05) is 0 Å². The van der Waals surface area contributed by atoms with Gasteiger partial charge in [-0.05, 0) is 61.0 Å². The highest BCUT2D eigenvalue weighted by atomic mass is 35.5. The van der Waals surface area contributed by atoms with Crippen LogP contribution in [0.4, 0.5) is 0 Å². The average molecular weight is 1410 g/mol. The van der Waals surface area contributed by atoms with Crippen LogP contribution in [0.5, 0.6) is 11.5 Å². The van der Waals surface area contributed by atoms with Crippen molar-refractivity contribution in [1.82, 2.24) is 0 Å². The van der Waals surface area contributed by atoms with Gasteiger partial charge in [0, 0.05) is 34.2 Å². The molecule has 10 aliphatic heterocycles. The zero-order valence-electron chi connectivity index (χ0n) is 55.1. The molecular weight excluding hydrogens is 1320 g/mol. The number of hydrogen-bond acceptors (Lipinski definition) is 32. The Kier molecular flexibility index (Phi) is 22.1. The van der Waals surface area contributed by atoms with Gasteiger partial charge in [-0.25, -0.2) is 4.79 Å². The average Bonchev–Trinajstić information content (AvgIpc) is 1.59. The number of halogens is 2. The molecule has 32 nitrogen and oxygen atoms in total. The molecule has 10 aliphatic rings. The molecule has 11 rings (SSSR count). The van der Waals surface area contributed by atoms with E-state index in [1.165, 1.54) is 49.2 Å². The van der Waals surface area contributed by atoms with Crippen LogP contribution in [0.1, 0.15) is 97.5 Å². The number of fused-ring (bicyclic) bond motifs is 4. The third-order valence-corrected chi connectivity index (χ3v) is 20.4. The van der Waals surface area contributed by atoms with E-state index < -0.39 is 219 Å². The summed E-state index contributed by atoms with van der Waals surface area (Å²) in [7, 11) is 5.37. The molecule has 7 N–H and O–H groups in total. The Balaban J connectivity index is 0.722. The minimum atomic E-state index is -2.03. The number of phenolic OH excluding ortho intramolecular Hbond substituents is 1. The number of phenols is 1. The van der Waals surface area contributed by atoms with Gasteiger partial charge in [-0.3, -0.25) is 4.79 Å². The Morgan fingerprint density at radius 3 is 1.99 bits per heavy atom. The van der Waals surface area contributed by atoms with Crippen LogP contribution in [0.3, 0.4) is 0 Å². The maximum Gasteiger partial charge on any atom is 0.342 e. The SMILES string of the molecule is COC[C@H]1O[C@@H](O[C@@H]2OC[C@@H]3O[C@]4(O[C@H]3[C@H]2OC(=O)C(C)C)O[C@H](C)[C@@](O)([C@@H](C)O)[C@@H]2OCO[C@H]24)[C@@H](OC)[C@@H](O)[C@@H]1O[C@@H]1O[C@H](C)[C@H](OC)[C@H](O[C@H]2C[C@@]3(C)O[C@@]4(C[C@@H](O)[C@H](O[C@H]5C[C@@H](O)[C@H](OC(=O)c6c(C)c(Cl)c(O)c(Cl)c6OC)[C@@H](C)O5)[C@@H](C)O4)O[C@@H]3[C@@H](C)O2)[C@H]1O. The number of aromatic hydroxyl groups is 1. The molecule has 10 heterocycles. The first kappa shape index (κ1) is 73.5. The van der Waals surface area contributed by atoms with E-state index in [0.717, 1.165) is 0 Å². The number of rotatable bonds is 18. The molecule has 1 aromatic carbocycles. The Labute approximate surface area is 558 Å². The molecule has 10 fully saturated rings. The summed E-state index contributed by atoms with van der Waals surface area (Å²) in [6, 6.07) is 0. The van der Waals surface area contributed by atoms with Crippen LogP contribution in [0.15, 0.2) is 0 Å². The lowest BCUT2D eigenvalue weighted by Crippen LogP contribution is -2.72. The van der Waals surface area contributed by atoms with Crippen molar-refractivity contribution in [3.05, 3.63) is 21.2 Å². The molecule has 34 heteroatoms. The second-order valence-corrected chi connectivity index (χ2v) is 27.2.